The van der Waals surface area contributed by atoms with Crippen LogP contribution in [0.4, 0.5) is 5.82 Å². The van der Waals surface area contributed by atoms with Gasteiger partial charge in [0.25, 0.3) is 0 Å². The normalized spacial score (nSPS) is 20.3. The second kappa shape index (κ2) is 6.70. The van der Waals surface area contributed by atoms with Gasteiger partial charge in [0.2, 0.25) is 5.91 Å². The number of nitrogens with one attached hydrogen (secondary N) is 1. The van der Waals surface area contributed by atoms with E-state index in [9.17, 15) is 4.79 Å². The van der Waals surface area contributed by atoms with Gasteiger partial charge in [-0.2, -0.15) is 0 Å². The molecule has 0 bridgehead atoms. The number of amides is 1. The SMILES string of the molecule is CC1(C)[C@@H](C=C(Cl)Cl)[C@@H]1C(=O)Nc1c(-c2ccccc2)nc2ccccn12. The molecule has 2 atom stereocenters. The molecule has 1 amide bonds. The average molecular weight is 400 g/mol. The summed E-state index contributed by atoms with van der Waals surface area (Å²) in [6.07, 6.45) is 3.65. The molecule has 0 radical (unpaired) electrons. The van der Waals surface area contributed by atoms with Crippen LogP contribution in [0, 0.1) is 17.3 Å². The first kappa shape index (κ1) is 18.1. The average Bonchev–Trinajstić information content (AvgIpc) is 2.99. The Morgan fingerprint density at radius 1 is 1.15 bits per heavy atom. The topological polar surface area (TPSA) is 46.4 Å². The lowest BCUT2D eigenvalue weighted by molar-refractivity contribution is -0.118. The maximum Gasteiger partial charge on any atom is 0.229 e. The van der Waals surface area contributed by atoms with Crippen molar-refractivity contribution in [2.24, 2.45) is 17.3 Å². The van der Waals surface area contributed by atoms with Crippen LogP contribution < -0.4 is 5.32 Å². The third-order valence-corrected chi connectivity index (χ3v) is 5.57. The van der Waals surface area contributed by atoms with E-state index in [1.807, 2.05) is 73.0 Å². The summed E-state index contributed by atoms with van der Waals surface area (Å²) >= 11 is 11.6. The van der Waals surface area contributed by atoms with Crippen LogP contribution in [0.1, 0.15) is 13.8 Å². The highest BCUT2D eigenvalue weighted by Gasteiger charge is 2.60. The lowest BCUT2D eigenvalue weighted by Gasteiger charge is -2.08. The summed E-state index contributed by atoms with van der Waals surface area (Å²) in [6, 6.07) is 15.6. The molecule has 2 aromatic heterocycles. The molecule has 1 fully saturated rings. The van der Waals surface area contributed by atoms with Crippen molar-refractivity contribution >= 4 is 40.6 Å². The van der Waals surface area contributed by atoms with Crippen molar-refractivity contribution < 1.29 is 4.79 Å². The van der Waals surface area contributed by atoms with E-state index in [1.165, 1.54) is 0 Å². The Kier molecular flexibility index (Phi) is 4.49. The van der Waals surface area contributed by atoms with Crippen LogP contribution in [0.15, 0.2) is 65.3 Å². The zero-order chi connectivity index (χ0) is 19.2. The summed E-state index contributed by atoms with van der Waals surface area (Å²) < 4.78 is 2.10. The Labute approximate surface area is 167 Å². The molecule has 1 saturated carbocycles. The molecule has 2 heterocycles. The number of hydrogen-bond donors (Lipinski definition) is 1. The molecular formula is C21H19Cl2N3O. The number of allylic oxidation sites excluding steroid dienone is 1. The van der Waals surface area contributed by atoms with E-state index in [1.54, 1.807) is 6.08 Å². The van der Waals surface area contributed by atoms with Gasteiger partial charge in [-0.3, -0.25) is 9.20 Å². The molecule has 1 N–H and O–H groups in total. The van der Waals surface area contributed by atoms with E-state index >= 15 is 0 Å². The van der Waals surface area contributed by atoms with E-state index < -0.39 is 0 Å². The van der Waals surface area contributed by atoms with Crippen LogP contribution in [0.3, 0.4) is 0 Å². The molecule has 0 spiro atoms. The molecule has 4 rings (SSSR count). The standard InChI is InChI=1S/C21H19Cl2N3O/c1-21(2)14(12-15(22)23)17(21)20(27)25-19-18(13-8-4-3-5-9-13)24-16-10-6-7-11-26(16)19/h3-12,14,17H,1-2H3,(H,25,27)/t14-,17+/m0/s1. The molecule has 0 saturated heterocycles. The quantitative estimate of drug-likeness (QED) is 0.626. The number of carbonyl (C=O) groups is 1. The van der Waals surface area contributed by atoms with Gasteiger partial charge in [-0.1, -0.05) is 73.4 Å². The second-order valence-electron chi connectivity index (χ2n) is 7.37. The van der Waals surface area contributed by atoms with Crippen LogP contribution in [0.2, 0.25) is 0 Å². The summed E-state index contributed by atoms with van der Waals surface area (Å²) in [7, 11) is 0. The fourth-order valence-electron chi connectivity index (χ4n) is 3.73. The Balaban J connectivity index is 1.72. The Morgan fingerprint density at radius 3 is 2.56 bits per heavy atom. The van der Waals surface area contributed by atoms with Gasteiger partial charge in [0, 0.05) is 11.8 Å². The minimum absolute atomic E-state index is 0.0156. The molecule has 0 unspecified atom stereocenters. The lowest BCUT2D eigenvalue weighted by atomic mass is 10.1. The van der Waals surface area contributed by atoms with Crippen LogP contribution in [0.25, 0.3) is 16.9 Å². The minimum Gasteiger partial charge on any atom is -0.310 e. The first-order chi connectivity index (χ1) is 12.9. The Hall–Kier alpha value is -2.30. The molecule has 6 heteroatoms. The van der Waals surface area contributed by atoms with Crippen LogP contribution in [0.5, 0.6) is 0 Å². The number of fused-ring (bicyclic) bond motifs is 1. The van der Waals surface area contributed by atoms with Crippen molar-refractivity contribution in [3.8, 4) is 11.3 Å². The molecular weight excluding hydrogens is 381 g/mol. The van der Waals surface area contributed by atoms with Gasteiger partial charge in [-0.05, 0) is 29.5 Å². The van der Waals surface area contributed by atoms with Crippen LogP contribution >= 0.6 is 23.2 Å². The highest BCUT2D eigenvalue weighted by Crippen LogP contribution is 2.60. The Morgan fingerprint density at radius 2 is 1.85 bits per heavy atom. The number of rotatable bonds is 4. The summed E-state index contributed by atoms with van der Waals surface area (Å²) in [5.74, 6) is 0.438. The molecule has 138 valence electrons. The van der Waals surface area contributed by atoms with Crippen molar-refractivity contribution in [2.75, 3.05) is 5.32 Å². The van der Waals surface area contributed by atoms with Crippen molar-refractivity contribution in [2.45, 2.75) is 13.8 Å². The van der Waals surface area contributed by atoms with E-state index in [-0.39, 0.29) is 27.6 Å². The first-order valence-electron chi connectivity index (χ1n) is 8.76. The van der Waals surface area contributed by atoms with E-state index in [0.717, 1.165) is 16.9 Å². The van der Waals surface area contributed by atoms with Gasteiger partial charge < -0.3 is 5.32 Å². The Bertz CT molecular complexity index is 1040. The second-order valence-corrected chi connectivity index (χ2v) is 8.38. The molecule has 1 aliphatic carbocycles. The smallest absolute Gasteiger partial charge is 0.229 e. The maximum atomic E-state index is 13.0. The maximum absolute atomic E-state index is 13.0. The molecule has 3 aromatic rings. The zero-order valence-corrected chi connectivity index (χ0v) is 16.5. The summed E-state index contributed by atoms with van der Waals surface area (Å²) in [5.41, 5.74) is 2.29. The lowest BCUT2D eigenvalue weighted by Crippen LogP contribution is -2.18. The van der Waals surface area contributed by atoms with Gasteiger partial charge >= 0.3 is 0 Å². The predicted octanol–water partition coefficient (Wildman–Crippen LogP) is 5.53. The highest BCUT2D eigenvalue weighted by atomic mass is 35.5. The first-order valence-corrected chi connectivity index (χ1v) is 9.51. The summed E-state index contributed by atoms with van der Waals surface area (Å²) in [6.45, 7) is 4.09. The number of carbonyl (C=O) groups excluding carboxylic acids is 1. The van der Waals surface area contributed by atoms with Gasteiger partial charge in [0.15, 0.2) is 0 Å². The molecule has 4 nitrogen and oxygen atoms in total. The minimum atomic E-state index is -0.192. The largest absolute Gasteiger partial charge is 0.310 e. The van der Waals surface area contributed by atoms with Crippen LogP contribution in [-0.4, -0.2) is 15.3 Å². The molecule has 1 aliphatic rings. The highest BCUT2D eigenvalue weighted by molar-refractivity contribution is 6.55. The van der Waals surface area contributed by atoms with E-state index in [4.69, 9.17) is 28.2 Å². The fraction of sp³-hybridized carbons (Fsp3) is 0.238. The summed E-state index contributed by atoms with van der Waals surface area (Å²) in [5, 5.41) is 3.10. The monoisotopic (exact) mass is 399 g/mol. The van der Waals surface area contributed by atoms with Crippen LogP contribution in [-0.2, 0) is 4.79 Å². The number of aromatic nitrogens is 2. The zero-order valence-electron chi connectivity index (χ0n) is 15.0. The predicted molar refractivity (Wildman–Crippen MR) is 110 cm³/mol. The van der Waals surface area contributed by atoms with Gasteiger partial charge in [-0.25, -0.2) is 4.98 Å². The molecule has 27 heavy (non-hydrogen) atoms. The summed E-state index contributed by atoms with van der Waals surface area (Å²) in [4.78, 5) is 17.8. The van der Waals surface area contributed by atoms with Crippen molar-refractivity contribution in [3.63, 3.8) is 0 Å². The van der Waals surface area contributed by atoms with E-state index in [2.05, 4.69) is 5.32 Å². The number of nitrogens with zero attached hydrogens (tertiary/aromatic N) is 2. The van der Waals surface area contributed by atoms with Gasteiger partial charge in [0.05, 0.1) is 5.92 Å². The third kappa shape index (κ3) is 3.24. The number of imidazole rings is 1. The van der Waals surface area contributed by atoms with Crippen molar-refractivity contribution in [3.05, 3.63) is 65.3 Å². The van der Waals surface area contributed by atoms with Gasteiger partial charge in [-0.15, -0.1) is 0 Å². The number of halogens is 2. The fourth-order valence-corrected chi connectivity index (χ4v) is 4.00. The number of pyridine rings is 1. The molecule has 0 aliphatic heterocycles. The van der Waals surface area contributed by atoms with Crippen molar-refractivity contribution in [1.29, 1.82) is 0 Å². The van der Waals surface area contributed by atoms with Crippen molar-refractivity contribution in [1.82, 2.24) is 9.38 Å². The number of anilines is 1. The number of hydrogen-bond acceptors (Lipinski definition) is 2. The van der Waals surface area contributed by atoms with Gasteiger partial charge in [0.1, 0.15) is 21.7 Å². The molecule has 1 aromatic carbocycles. The third-order valence-electron chi connectivity index (χ3n) is 5.32. The van der Waals surface area contributed by atoms with E-state index in [0.29, 0.717) is 5.82 Å². The number of benzene rings is 1.